The van der Waals surface area contributed by atoms with Gasteiger partial charge in [-0.25, -0.2) is 9.18 Å². The highest BCUT2D eigenvalue weighted by molar-refractivity contribution is 7.84. The van der Waals surface area contributed by atoms with Crippen LogP contribution in [0, 0.1) is 5.82 Å². The van der Waals surface area contributed by atoms with Crippen molar-refractivity contribution in [1.29, 1.82) is 0 Å². The van der Waals surface area contributed by atoms with Crippen LogP contribution in [0.2, 0.25) is 0 Å². The molecule has 0 saturated carbocycles. The normalized spacial score (nSPS) is 23.2. The van der Waals surface area contributed by atoms with Crippen LogP contribution in [0.1, 0.15) is 19.3 Å². The lowest BCUT2D eigenvalue weighted by atomic mass is 10.2. The first kappa shape index (κ1) is 16.4. The van der Waals surface area contributed by atoms with Gasteiger partial charge in [-0.3, -0.25) is 9.11 Å². The summed E-state index contributed by atoms with van der Waals surface area (Å²) in [5.41, 5.74) is 0.395. The van der Waals surface area contributed by atoms with Gasteiger partial charge in [-0.2, -0.15) is 0 Å². The molecule has 2 atom stereocenters. The number of nitrogens with one attached hydrogen (secondary N) is 1. The number of anilines is 1. The van der Waals surface area contributed by atoms with Crippen LogP contribution in [-0.4, -0.2) is 58.5 Å². The molecule has 0 radical (unpaired) electrons. The number of rotatable bonds is 3. The summed E-state index contributed by atoms with van der Waals surface area (Å²) < 4.78 is 25.2. The Hall–Kier alpha value is -1.47. The lowest BCUT2D eigenvalue weighted by Gasteiger charge is -2.23. The Labute approximate surface area is 138 Å². The van der Waals surface area contributed by atoms with Crippen LogP contribution in [-0.2, 0) is 10.8 Å². The number of hydrogen-bond acceptors (Lipinski definition) is 3. The van der Waals surface area contributed by atoms with Crippen molar-refractivity contribution in [3.8, 4) is 0 Å². The molecule has 2 fully saturated rings. The SMILES string of the molecule is CS(=O)c1ccc(NC(=O)N2CCC(N3CCCC3)C2)cc1F. The average molecular weight is 339 g/mol. The van der Waals surface area contributed by atoms with Crippen molar-refractivity contribution in [2.24, 2.45) is 0 Å². The molecule has 0 spiro atoms. The molecule has 2 aliphatic rings. The summed E-state index contributed by atoms with van der Waals surface area (Å²) in [6, 6.07) is 4.52. The largest absolute Gasteiger partial charge is 0.323 e. The standard InChI is InChI=1S/C16H22FN3O2S/c1-23(22)15-5-4-12(10-14(15)17)18-16(21)20-9-6-13(11-20)19-7-2-3-8-19/h4-5,10,13H,2-3,6-9,11H2,1H3,(H,18,21). The highest BCUT2D eigenvalue weighted by Crippen LogP contribution is 2.22. The van der Waals surface area contributed by atoms with E-state index >= 15 is 0 Å². The van der Waals surface area contributed by atoms with Gasteiger partial charge in [0.05, 0.1) is 15.7 Å². The number of benzene rings is 1. The number of urea groups is 1. The number of halogens is 1. The van der Waals surface area contributed by atoms with Crippen LogP contribution in [0.5, 0.6) is 0 Å². The molecule has 5 nitrogen and oxygen atoms in total. The first-order chi connectivity index (χ1) is 11.0. The van der Waals surface area contributed by atoms with Gasteiger partial charge < -0.3 is 10.2 Å². The van der Waals surface area contributed by atoms with Crippen molar-refractivity contribution in [2.45, 2.75) is 30.2 Å². The second-order valence-electron chi connectivity index (χ2n) is 6.16. The van der Waals surface area contributed by atoms with Gasteiger partial charge in [0.1, 0.15) is 5.82 Å². The van der Waals surface area contributed by atoms with Gasteiger partial charge in [0.25, 0.3) is 0 Å². The van der Waals surface area contributed by atoms with Gasteiger partial charge in [0.2, 0.25) is 0 Å². The molecule has 23 heavy (non-hydrogen) atoms. The Balaban J connectivity index is 1.59. The van der Waals surface area contributed by atoms with Gasteiger partial charge in [-0.15, -0.1) is 0 Å². The maximum Gasteiger partial charge on any atom is 0.321 e. The van der Waals surface area contributed by atoms with Crippen LogP contribution >= 0.6 is 0 Å². The second kappa shape index (κ2) is 6.97. The predicted octanol–water partition coefficient (Wildman–Crippen LogP) is 2.27. The van der Waals surface area contributed by atoms with Gasteiger partial charge >= 0.3 is 6.03 Å². The van der Waals surface area contributed by atoms with Gasteiger partial charge in [-0.05, 0) is 50.6 Å². The third-order valence-electron chi connectivity index (χ3n) is 4.60. The maximum atomic E-state index is 13.8. The van der Waals surface area contributed by atoms with E-state index in [1.54, 1.807) is 11.0 Å². The van der Waals surface area contributed by atoms with E-state index in [2.05, 4.69) is 10.2 Å². The van der Waals surface area contributed by atoms with Crippen LogP contribution in [0.3, 0.4) is 0 Å². The van der Waals surface area contributed by atoms with E-state index in [-0.39, 0.29) is 10.9 Å². The zero-order chi connectivity index (χ0) is 16.4. The van der Waals surface area contributed by atoms with E-state index in [0.717, 1.165) is 32.6 Å². The van der Waals surface area contributed by atoms with E-state index in [4.69, 9.17) is 0 Å². The molecular formula is C16H22FN3O2S. The minimum Gasteiger partial charge on any atom is -0.323 e. The Bertz CT molecular complexity index is 619. The monoisotopic (exact) mass is 339 g/mol. The number of amides is 2. The Morgan fingerprint density at radius 3 is 2.70 bits per heavy atom. The lowest BCUT2D eigenvalue weighted by Crippen LogP contribution is -2.38. The van der Waals surface area contributed by atoms with Crippen molar-refractivity contribution in [3.63, 3.8) is 0 Å². The molecule has 3 rings (SSSR count). The lowest BCUT2D eigenvalue weighted by molar-refractivity contribution is 0.210. The number of carbonyl (C=O) groups excluding carboxylic acids is 1. The third kappa shape index (κ3) is 3.72. The number of hydrogen-bond donors (Lipinski definition) is 1. The quantitative estimate of drug-likeness (QED) is 0.919. The summed E-state index contributed by atoms with van der Waals surface area (Å²) in [5, 5.41) is 2.73. The topological polar surface area (TPSA) is 52.7 Å². The van der Waals surface area contributed by atoms with Crippen molar-refractivity contribution < 1.29 is 13.4 Å². The van der Waals surface area contributed by atoms with Gasteiger partial charge in [0.15, 0.2) is 0 Å². The average Bonchev–Trinajstić information content (AvgIpc) is 3.18. The van der Waals surface area contributed by atoms with Gasteiger partial charge in [-0.1, -0.05) is 0 Å². The van der Waals surface area contributed by atoms with Gasteiger partial charge in [0, 0.05) is 31.1 Å². The molecule has 2 aliphatic heterocycles. The smallest absolute Gasteiger partial charge is 0.321 e. The molecule has 126 valence electrons. The highest BCUT2D eigenvalue weighted by Gasteiger charge is 2.31. The maximum absolute atomic E-state index is 13.8. The predicted molar refractivity (Wildman–Crippen MR) is 88.5 cm³/mol. The summed E-state index contributed by atoms with van der Waals surface area (Å²) in [5.74, 6) is -0.556. The minimum atomic E-state index is -1.37. The van der Waals surface area contributed by atoms with E-state index in [9.17, 15) is 13.4 Å². The molecule has 0 bridgehead atoms. The summed E-state index contributed by atoms with van der Waals surface area (Å²) in [4.78, 5) is 16.7. The fourth-order valence-corrected chi connectivity index (χ4v) is 3.94. The molecule has 7 heteroatoms. The van der Waals surface area contributed by atoms with Crippen molar-refractivity contribution >= 4 is 22.5 Å². The number of carbonyl (C=O) groups is 1. The molecule has 2 saturated heterocycles. The molecule has 1 aromatic rings. The molecule has 1 aromatic carbocycles. The Kier molecular flexibility index (Phi) is 4.96. The fourth-order valence-electron chi connectivity index (χ4n) is 3.35. The molecule has 1 N–H and O–H groups in total. The van der Waals surface area contributed by atoms with Crippen LogP contribution in [0.15, 0.2) is 23.1 Å². The molecule has 2 amide bonds. The fraction of sp³-hybridized carbons (Fsp3) is 0.562. The second-order valence-corrected chi connectivity index (χ2v) is 7.51. The molecule has 0 aliphatic carbocycles. The highest BCUT2D eigenvalue weighted by atomic mass is 32.2. The molecule has 0 aromatic heterocycles. The first-order valence-electron chi connectivity index (χ1n) is 7.97. The van der Waals surface area contributed by atoms with Crippen LogP contribution < -0.4 is 5.32 Å². The van der Waals surface area contributed by atoms with Crippen LogP contribution in [0.4, 0.5) is 14.9 Å². The first-order valence-corrected chi connectivity index (χ1v) is 9.53. The Morgan fingerprint density at radius 2 is 2.04 bits per heavy atom. The van der Waals surface area contributed by atoms with Crippen LogP contribution in [0.25, 0.3) is 0 Å². The zero-order valence-electron chi connectivity index (χ0n) is 13.3. The third-order valence-corrected chi connectivity index (χ3v) is 5.55. The molecule has 2 unspecified atom stereocenters. The summed E-state index contributed by atoms with van der Waals surface area (Å²) in [7, 11) is -1.37. The number of likely N-dealkylation sites (tertiary alicyclic amines) is 2. The van der Waals surface area contributed by atoms with E-state index in [1.807, 2.05) is 0 Å². The summed E-state index contributed by atoms with van der Waals surface area (Å²) >= 11 is 0. The van der Waals surface area contributed by atoms with E-state index in [1.165, 1.54) is 31.2 Å². The summed E-state index contributed by atoms with van der Waals surface area (Å²) in [6.45, 7) is 3.71. The van der Waals surface area contributed by atoms with Crippen molar-refractivity contribution in [2.75, 3.05) is 37.8 Å². The minimum absolute atomic E-state index is 0.151. The van der Waals surface area contributed by atoms with E-state index in [0.29, 0.717) is 11.7 Å². The number of nitrogens with zero attached hydrogens (tertiary/aromatic N) is 2. The Morgan fingerprint density at radius 1 is 1.30 bits per heavy atom. The molecular weight excluding hydrogens is 317 g/mol. The van der Waals surface area contributed by atoms with E-state index < -0.39 is 16.6 Å². The summed E-state index contributed by atoms with van der Waals surface area (Å²) in [6.07, 6.45) is 4.91. The van der Waals surface area contributed by atoms with Crippen molar-refractivity contribution in [1.82, 2.24) is 9.80 Å². The molecule has 2 heterocycles. The zero-order valence-corrected chi connectivity index (χ0v) is 14.1. The van der Waals surface area contributed by atoms with Crippen molar-refractivity contribution in [3.05, 3.63) is 24.0 Å².